The lowest BCUT2D eigenvalue weighted by atomic mass is 9.98. The number of amides is 2. The van der Waals surface area contributed by atoms with Gasteiger partial charge in [0.1, 0.15) is 6.61 Å². The molecule has 0 heterocycles. The Morgan fingerprint density at radius 3 is 2.29 bits per heavy atom. The molecule has 0 saturated heterocycles. The van der Waals surface area contributed by atoms with Crippen molar-refractivity contribution >= 4 is 18.0 Å². The van der Waals surface area contributed by atoms with Gasteiger partial charge in [0.2, 0.25) is 5.91 Å². The summed E-state index contributed by atoms with van der Waals surface area (Å²) in [5.41, 5.74) is 4.58. The van der Waals surface area contributed by atoms with Crippen molar-refractivity contribution in [2.45, 2.75) is 43.7 Å². The van der Waals surface area contributed by atoms with Crippen LogP contribution in [0.15, 0.2) is 48.5 Å². The first-order valence-electron chi connectivity index (χ1n) is 11.6. The molecule has 2 aromatic carbocycles. The summed E-state index contributed by atoms with van der Waals surface area (Å²) in [6, 6.07) is 15.9. The lowest BCUT2D eigenvalue weighted by Gasteiger charge is -2.20. The average molecular weight is 467 g/mol. The quantitative estimate of drug-likeness (QED) is 0.523. The minimum atomic E-state index is -0.886. The van der Waals surface area contributed by atoms with Crippen LogP contribution in [0, 0.1) is 5.92 Å². The Hall–Kier alpha value is -3.39. The predicted molar refractivity (Wildman–Crippen MR) is 125 cm³/mol. The van der Waals surface area contributed by atoms with E-state index in [9.17, 15) is 19.5 Å². The molecule has 2 amide bonds. The Morgan fingerprint density at radius 1 is 1.03 bits per heavy atom. The first-order chi connectivity index (χ1) is 16.5. The highest BCUT2D eigenvalue weighted by molar-refractivity contribution is 5.80. The Labute approximate surface area is 198 Å². The van der Waals surface area contributed by atoms with Crippen LogP contribution in [0.25, 0.3) is 11.1 Å². The van der Waals surface area contributed by atoms with Crippen molar-refractivity contribution in [3.05, 3.63) is 59.7 Å². The van der Waals surface area contributed by atoms with Crippen LogP contribution in [0.2, 0.25) is 0 Å². The summed E-state index contributed by atoms with van der Waals surface area (Å²) in [4.78, 5) is 36.1. The molecule has 0 radical (unpaired) electrons. The fraction of sp³-hybridized carbons (Fsp3) is 0.423. The van der Waals surface area contributed by atoms with E-state index in [0.717, 1.165) is 28.7 Å². The van der Waals surface area contributed by atoms with Crippen LogP contribution < -0.4 is 10.6 Å². The Bertz CT molecular complexity index is 1010. The Morgan fingerprint density at radius 2 is 1.68 bits per heavy atom. The van der Waals surface area contributed by atoms with E-state index in [-0.39, 0.29) is 37.4 Å². The number of nitrogens with one attached hydrogen (secondary N) is 2. The second-order valence-corrected chi connectivity index (χ2v) is 8.82. The molecule has 0 aromatic heterocycles. The van der Waals surface area contributed by atoms with E-state index < -0.39 is 24.1 Å². The van der Waals surface area contributed by atoms with Crippen LogP contribution in [0.5, 0.6) is 0 Å². The zero-order valence-electron chi connectivity index (χ0n) is 19.2. The van der Waals surface area contributed by atoms with Gasteiger partial charge < -0.3 is 25.2 Å². The number of benzene rings is 2. The van der Waals surface area contributed by atoms with Crippen LogP contribution in [0.4, 0.5) is 4.79 Å². The number of fused-ring (bicyclic) bond motifs is 3. The molecule has 2 aliphatic carbocycles. The minimum Gasteiger partial charge on any atom is -0.481 e. The summed E-state index contributed by atoms with van der Waals surface area (Å²) in [5, 5.41) is 14.7. The molecule has 0 bridgehead atoms. The van der Waals surface area contributed by atoms with E-state index in [1.165, 1.54) is 7.11 Å². The molecule has 180 valence electrons. The molecule has 3 unspecified atom stereocenters. The molecule has 0 aliphatic heterocycles. The fourth-order valence-electron chi connectivity index (χ4n) is 4.99. The lowest BCUT2D eigenvalue weighted by molar-refractivity contribution is -0.142. The molecule has 1 fully saturated rings. The summed E-state index contributed by atoms with van der Waals surface area (Å²) in [6.07, 6.45) is 0.883. The van der Waals surface area contributed by atoms with Gasteiger partial charge in [-0.25, -0.2) is 4.79 Å². The highest BCUT2D eigenvalue weighted by atomic mass is 16.5. The minimum absolute atomic E-state index is 0.0169. The molecule has 1 saturated carbocycles. The number of methoxy groups -OCH3 is 1. The maximum absolute atomic E-state index is 12.4. The number of carboxylic acids is 1. The van der Waals surface area contributed by atoms with Crippen molar-refractivity contribution in [3.63, 3.8) is 0 Å². The highest BCUT2D eigenvalue weighted by Gasteiger charge is 2.34. The molecule has 0 spiro atoms. The molecule has 4 rings (SSSR count). The second kappa shape index (κ2) is 10.7. The topological polar surface area (TPSA) is 114 Å². The molecule has 2 aromatic rings. The number of ether oxygens (including phenoxy) is 2. The number of rotatable bonds is 9. The van der Waals surface area contributed by atoms with E-state index in [1.54, 1.807) is 0 Å². The highest BCUT2D eigenvalue weighted by Crippen LogP contribution is 2.44. The summed E-state index contributed by atoms with van der Waals surface area (Å²) in [5.74, 6) is -1.76. The van der Waals surface area contributed by atoms with E-state index in [0.29, 0.717) is 12.8 Å². The van der Waals surface area contributed by atoms with Gasteiger partial charge in [-0.3, -0.25) is 9.59 Å². The normalized spacial score (nSPS) is 19.7. The zero-order chi connectivity index (χ0) is 24.1. The lowest BCUT2D eigenvalue weighted by Crippen LogP contribution is -2.43. The van der Waals surface area contributed by atoms with Gasteiger partial charge in [-0.05, 0) is 35.1 Å². The third kappa shape index (κ3) is 5.22. The number of carbonyl (C=O) groups excluding carboxylic acids is 2. The van der Waals surface area contributed by atoms with Gasteiger partial charge in [-0.15, -0.1) is 0 Å². The van der Waals surface area contributed by atoms with Gasteiger partial charge in [0.05, 0.1) is 18.4 Å². The number of carboxylic acid groups (broad SMARTS) is 1. The summed E-state index contributed by atoms with van der Waals surface area (Å²) in [6.45, 7) is 0.309. The van der Waals surface area contributed by atoms with Crippen molar-refractivity contribution in [2.75, 3.05) is 20.3 Å². The summed E-state index contributed by atoms with van der Waals surface area (Å²) >= 11 is 0. The van der Waals surface area contributed by atoms with E-state index in [1.807, 2.05) is 24.3 Å². The van der Waals surface area contributed by atoms with E-state index in [4.69, 9.17) is 9.47 Å². The molecule has 34 heavy (non-hydrogen) atoms. The van der Waals surface area contributed by atoms with Crippen LogP contribution in [-0.2, 0) is 19.1 Å². The van der Waals surface area contributed by atoms with Crippen molar-refractivity contribution in [2.24, 2.45) is 5.92 Å². The summed E-state index contributed by atoms with van der Waals surface area (Å²) in [7, 11) is 1.47. The monoisotopic (exact) mass is 466 g/mol. The van der Waals surface area contributed by atoms with Crippen molar-refractivity contribution < 1.29 is 29.0 Å². The number of alkyl carbamates (subject to hydrolysis) is 1. The van der Waals surface area contributed by atoms with Gasteiger partial charge in [-0.2, -0.15) is 0 Å². The summed E-state index contributed by atoms with van der Waals surface area (Å²) < 4.78 is 10.8. The smallest absolute Gasteiger partial charge is 0.407 e. The SMILES string of the molecule is COC(CNC(=O)OCC1c2ccccc2-c2ccccc21)CC(=O)NC1CCCC1C(=O)O. The molecule has 8 nitrogen and oxygen atoms in total. The third-order valence-corrected chi connectivity index (χ3v) is 6.74. The van der Waals surface area contributed by atoms with E-state index >= 15 is 0 Å². The Kier molecular flexibility index (Phi) is 7.47. The van der Waals surface area contributed by atoms with Gasteiger partial charge in [-0.1, -0.05) is 55.0 Å². The average Bonchev–Trinajstić information content (AvgIpc) is 3.43. The molecule has 3 atom stereocenters. The standard InChI is InChI=1S/C26H30N2O6/c1-33-16(13-24(29)28-23-12-6-11-21(23)25(30)31)14-27-26(32)34-15-22-19-9-4-2-7-17(19)18-8-3-5-10-20(18)22/h2-5,7-10,16,21-23H,6,11-15H2,1H3,(H,27,32)(H,28,29)(H,30,31). The molecular weight excluding hydrogens is 436 g/mol. The van der Waals surface area contributed by atoms with Crippen molar-refractivity contribution in [1.29, 1.82) is 0 Å². The molecular formula is C26H30N2O6. The van der Waals surface area contributed by atoms with Gasteiger partial charge >= 0.3 is 12.1 Å². The molecule has 3 N–H and O–H groups in total. The largest absolute Gasteiger partial charge is 0.481 e. The van der Waals surface area contributed by atoms with E-state index in [2.05, 4.69) is 34.9 Å². The number of carbonyl (C=O) groups is 3. The second-order valence-electron chi connectivity index (χ2n) is 8.82. The number of aliphatic carboxylic acids is 1. The first-order valence-corrected chi connectivity index (χ1v) is 11.6. The van der Waals surface area contributed by atoms with Crippen LogP contribution in [0.1, 0.15) is 42.7 Å². The van der Waals surface area contributed by atoms with Crippen molar-refractivity contribution in [1.82, 2.24) is 10.6 Å². The van der Waals surface area contributed by atoms with Crippen molar-refractivity contribution in [3.8, 4) is 11.1 Å². The maximum Gasteiger partial charge on any atom is 0.407 e. The van der Waals surface area contributed by atoms with Gasteiger partial charge in [0, 0.05) is 25.6 Å². The third-order valence-electron chi connectivity index (χ3n) is 6.74. The van der Waals surface area contributed by atoms with Gasteiger partial charge in [0.25, 0.3) is 0 Å². The maximum atomic E-state index is 12.4. The first kappa shape index (κ1) is 23.8. The van der Waals surface area contributed by atoms with Crippen LogP contribution in [-0.4, -0.2) is 55.5 Å². The number of hydrogen-bond donors (Lipinski definition) is 3. The van der Waals surface area contributed by atoms with Crippen LogP contribution in [0.3, 0.4) is 0 Å². The molecule has 2 aliphatic rings. The fourth-order valence-corrected chi connectivity index (χ4v) is 4.99. The van der Waals surface area contributed by atoms with Gasteiger partial charge in [0.15, 0.2) is 0 Å². The predicted octanol–water partition coefficient (Wildman–Crippen LogP) is 3.30. The van der Waals surface area contributed by atoms with Crippen LogP contribution >= 0.6 is 0 Å². The Balaban J connectivity index is 1.26. The molecule has 8 heteroatoms. The number of hydrogen-bond acceptors (Lipinski definition) is 5. The zero-order valence-corrected chi connectivity index (χ0v) is 19.2.